The summed E-state index contributed by atoms with van der Waals surface area (Å²) in [5.74, 6) is 1.12. The molecule has 1 N–H and O–H groups in total. The van der Waals surface area contributed by atoms with Gasteiger partial charge in [-0.15, -0.1) is 0 Å². The predicted octanol–water partition coefficient (Wildman–Crippen LogP) is 2.60. The van der Waals surface area contributed by atoms with E-state index in [2.05, 4.69) is 4.57 Å². The summed E-state index contributed by atoms with van der Waals surface area (Å²) in [6.45, 7) is 2.64. The average Bonchev–Trinajstić information content (AvgIpc) is 3.19. The molecule has 1 aliphatic carbocycles. The highest BCUT2D eigenvalue weighted by molar-refractivity contribution is 5.99. The van der Waals surface area contributed by atoms with Crippen molar-refractivity contribution in [2.45, 2.75) is 25.8 Å². The van der Waals surface area contributed by atoms with Crippen molar-refractivity contribution < 1.29 is 9.90 Å². The molecule has 0 saturated heterocycles. The van der Waals surface area contributed by atoms with Crippen molar-refractivity contribution in [3.05, 3.63) is 30.0 Å². The van der Waals surface area contributed by atoms with Crippen molar-refractivity contribution in [2.75, 3.05) is 13.1 Å². The fourth-order valence-corrected chi connectivity index (χ4v) is 3.15. The summed E-state index contributed by atoms with van der Waals surface area (Å²) in [6, 6.07) is 7.24. The van der Waals surface area contributed by atoms with Crippen LogP contribution in [-0.4, -0.2) is 33.6 Å². The minimum Gasteiger partial charge on any atom is -0.508 e. The molecule has 2 heterocycles. The van der Waals surface area contributed by atoms with Gasteiger partial charge >= 0.3 is 0 Å². The number of aryl methyl sites for hydroxylation is 1. The van der Waals surface area contributed by atoms with E-state index in [1.807, 2.05) is 17.0 Å². The zero-order chi connectivity index (χ0) is 13.7. The number of hydrogen-bond acceptors (Lipinski definition) is 2. The van der Waals surface area contributed by atoms with Crippen molar-refractivity contribution in [2.24, 2.45) is 5.92 Å². The number of carbonyl (C=O) groups excluding carboxylic acids is 1. The largest absolute Gasteiger partial charge is 0.508 e. The van der Waals surface area contributed by atoms with Crippen molar-refractivity contribution in [1.29, 1.82) is 0 Å². The van der Waals surface area contributed by atoms with Crippen LogP contribution in [0.2, 0.25) is 0 Å². The molecular weight excluding hydrogens is 252 g/mol. The first-order valence-electron chi connectivity index (χ1n) is 7.34. The molecule has 0 spiro atoms. The highest BCUT2D eigenvalue weighted by atomic mass is 16.3. The van der Waals surface area contributed by atoms with E-state index in [9.17, 15) is 9.90 Å². The first-order chi connectivity index (χ1) is 9.72. The van der Waals surface area contributed by atoms with Crippen LogP contribution in [0.1, 0.15) is 29.8 Å². The van der Waals surface area contributed by atoms with E-state index in [0.717, 1.165) is 48.6 Å². The molecule has 1 amide bonds. The number of rotatable bonds is 2. The molecule has 1 aromatic carbocycles. The fourth-order valence-electron chi connectivity index (χ4n) is 3.15. The molecule has 104 valence electrons. The van der Waals surface area contributed by atoms with Gasteiger partial charge in [-0.1, -0.05) is 0 Å². The summed E-state index contributed by atoms with van der Waals surface area (Å²) in [5.41, 5.74) is 1.81. The van der Waals surface area contributed by atoms with Crippen molar-refractivity contribution in [3.63, 3.8) is 0 Å². The zero-order valence-corrected chi connectivity index (χ0v) is 11.4. The monoisotopic (exact) mass is 270 g/mol. The molecule has 0 unspecified atom stereocenters. The van der Waals surface area contributed by atoms with Gasteiger partial charge in [-0.25, -0.2) is 0 Å². The maximum absolute atomic E-state index is 12.7. The number of phenols is 1. The number of amides is 1. The Hall–Kier alpha value is -1.97. The van der Waals surface area contributed by atoms with Crippen molar-refractivity contribution in [1.82, 2.24) is 9.47 Å². The van der Waals surface area contributed by atoms with Gasteiger partial charge in [0.25, 0.3) is 5.91 Å². The Labute approximate surface area is 117 Å². The molecule has 0 atom stereocenters. The molecule has 1 fully saturated rings. The van der Waals surface area contributed by atoms with Crippen LogP contribution in [0.4, 0.5) is 0 Å². The molecule has 1 aromatic heterocycles. The van der Waals surface area contributed by atoms with Crippen LogP contribution >= 0.6 is 0 Å². The smallest absolute Gasteiger partial charge is 0.270 e. The first kappa shape index (κ1) is 11.8. The lowest BCUT2D eigenvalue weighted by Crippen LogP contribution is -2.32. The number of carbonyl (C=O) groups is 1. The minimum atomic E-state index is 0.144. The molecule has 1 aliphatic heterocycles. The third-order valence-electron chi connectivity index (χ3n) is 4.38. The standard InChI is InChI=1S/C16H18N2O2/c19-13-4-5-14-12(8-13)9-15-16(20)17(10-11-2-3-11)6-1-7-18(14)15/h4-5,8-9,11,19H,1-3,6-7,10H2. The Balaban J connectivity index is 1.78. The molecule has 4 rings (SSSR count). The van der Waals surface area contributed by atoms with E-state index < -0.39 is 0 Å². The Morgan fingerprint density at radius 3 is 2.85 bits per heavy atom. The number of phenolic OH excluding ortho intramolecular Hbond substituents is 1. The topological polar surface area (TPSA) is 45.5 Å². The zero-order valence-electron chi connectivity index (χ0n) is 11.4. The molecule has 1 saturated carbocycles. The Bertz CT molecular complexity index is 685. The van der Waals surface area contributed by atoms with Crippen LogP contribution in [0, 0.1) is 5.92 Å². The van der Waals surface area contributed by atoms with Gasteiger partial charge in [0.1, 0.15) is 11.4 Å². The number of fused-ring (bicyclic) bond motifs is 3. The van der Waals surface area contributed by atoms with Crippen LogP contribution in [-0.2, 0) is 6.54 Å². The second kappa shape index (κ2) is 4.27. The number of aromatic hydroxyl groups is 1. The van der Waals surface area contributed by atoms with E-state index in [4.69, 9.17) is 0 Å². The first-order valence-corrected chi connectivity index (χ1v) is 7.34. The van der Waals surface area contributed by atoms with Gasteiger partial charge in [-0.2, -0.15) is 0 Å². The van der Waals surface area contributed by atoms with Gasteiger partial charge in [-0.3, -0.25) is 4.79 Å². The number of hydrogen-bond donors (Lipinski definition) is 1. The van der Waals surface area contributed by atoms with Gasteiger partial charge in [0, 0.05) is 30.5 Å². The van der Waals surface area contributed by atoms with E-state index in [1.54, 1.807) is 12.1 Å². The van der Waals surface area contributed by atoms with E-state index in [1.165, 1.54) is 12.8 Å². The number of aromatic nitrogens is 1. The lowest BCUT2D eigenvalue weighted by molar-refractivity contribution is 0.0750. The molecule has 0 bridgehead atoms. The number of nitrogens with zero attached hydrogens (tertiary/aromatic N) is 2. The quantitative estimate of drug-likeness (QED) is 0.911. The van der Waals surface area contributed by atoms with Gasteiger partial charge < -0.3 is 14.6 Å². The van der Waals surface area contributed by atoms with E-state index >= 15 is 0 Å². The maximum Gasteiger partial charge on any atom is 0.270 e. The summed E-state index contributed by atoms with van der Waals surface area (Å²) in [7, 11) is 0. The molecule has 0 radical (unpaired) electrons. The lowest BCUT2D eigenvalue weighted by atomic mass is 10.2. The third kappa shape index (κ3) is 1.87. The van der Waals surface area contributed by atoms with Crippen LogP contribution in [0.5, 0.6) is 5.75 Å². The highest BCUT2D eigenvalue weighted by Gasteiger charge is 2.30. The summed E-state index contributed by atoms with van der Waals surface area (Å²) in [4.78, 5) is 14.7. The summed E-state index contributed by atoms with van der Waals surface area (Å²) < 4.78 is 2.10. The summed E-state index contributed by atoms with van der Waals surface area (Å²) in [6.07, 6.45) is 3.53. The molecule has 4 nitrogen and oxygen atoms in total. The van der Waals surface area contributed by atoms with Crippen LogP contribution in [0.25, 0.3) is 10.9 Å². The SMILES string of the molecule is O=C1c2cc3cc(O)ccc3n2CCCN1CC1CC1. The highest BCUT2D eigenvalue weighted by Crippen LogP contribution is 2.32. The Morgan fingerprint density at radius 2 is 2.05 bits per heavy atom. The lowest BCUT2D eigenvalue weighted by Gasteiger charge is -2.19. The maximum atomic E-state index is 12.7. The second-order valence-electron chi connectivity index (χ2n) is 5.97. The van der Waals surface area contributed by atoms with Gasteiger partial charge in [0.05, 0.1) is 0 Å². The van der Waals surface area contributed by atoms with Crippen LogP contribution in [0.15, 0.2) is 24.3 Å². The summed E-state index contributed by atoms with van der Waals surface area (Å²) >= 11 is 0. The molecule has 2 aliphatic rings. The Morgan fingerprint density at radius 1 is 1.20 bits per heavy atom. The fraction of sp³-hybridized carbons (Fsp3) is 0.438. The molecular formula is C16H18N2O2. The number of benzene rings is 1. The second-order valence-corrected chi connectivity index (χ2v) is 5.97. The van der Waals surface area contributed by atoms with Crippen molar-refractivity contribution >= 4 is 16.8 Å². The molecule has 20 heavy (non-hydrogen) atoms. The molecule has 4 heteroatoms. The minimum absolute atomic E-state index is 0.144. The Kier molecular flexibility index (Phi) is 2.52. The predicted molar refractivity (Wildman–Crippen MR) is 76.8 cm³/mol. The average molecular weight is 270 g/mol. The van der Waals surface area contributed by atoms with E-state index in [-0.39, 0.29) is 11.7 Å². The van der Waals surface area contributed by atoms with Crippen LogP contribution in [0.3, 0.4) is 0 Å². The van der Waals surface area contributed by atoms with Gasteiger partial charge in [0.2, 0.25) is 0 Å². The van der Waals surface area contributed by atoms with Crippen molar-refractivity contribution in [3.8, 4) is 5.75 Å². The summed E-state index contributed by atoms with van der Waals surface area (Å²) in [5, 5.41) is 10.5. The molecule has 2 aromatic rings. The van der Waals surface area contributed by atoms with Gasteiger partial charge in [-0.05, 0) is 49.4 Å². The normalized spacial score (nSPS) is 19.2. The van der Waals surface area contributed by atoms with Gasteiger partial charge in [0.15, 0.2) is 0 Å². The van der Waals surface area contributed by atoms with Crippen LogP contribution < -0.4 is 0 Å². The third-order valence-corrected chi connectivity index (χ3v) is 4.38. The van der Waals surface area contributed by atoms with E-state index in [0.29, 0.717) is 0 Å².